The van der Waals surface area contributed by atoms with Crippen LogP contribution in [0.15, 0.2) is 84.9 Å². The molecule has 5 rings (SSSR count). The molecular weight excluding hydrogens is 556 g/mol. The summed E-state index contributed by atoms with van der Waals surface area (Å²) >= 11 is 0. The van der Waals surface area contributed by atoms with Gasteiger partial charge in [-0.05, 0) is 85.6 Å². The molecule has 2 N–H and O–H groups in total. The molecule has 0 saturated carbocycles. The van der Waals surface area contributed by atoms with Crippen LogP contribution < -0.4 is 24.3 Å². The zero-order valence-electron chi connectivity index (χ0n) is 25.5. The molecule has 8 nitrogen and oxygen atoms in total. The van der Waals surface area contributed by atoms with E-state index in [1.165, 1.54) is 0 Å². The van der Waals surface area contributed by atoms with Gasteiger partial charge in [0.05, 0.1) is 20.8 Å². The maximum Gasteiger partial charge on any atom is 0.255 e. The number of carbonyl (C=O) groups excluding carboxylic acids is 1. The second-order valence-corrected chi connectivity index (χ2v) is 10.9. The van der Waals surface area contributed by atoms with E-state index < -0.39 is 0 Å². The molecule has 4 aromatic rings. The molecule has 1 amide bonds. The van der Waals surface area contributed by atoms with E-state index in [-0.39, 0.29) is 18.6 Å². The van der Waals surface area contributed by atoms with Crippen LogP contribution >= 0.6 is 0 Å². The molecule has 230 valence electrons. The van der Waals surface area contributed by atoms with Gasteiger partial charge in [0.25, 0.3) is 5.91 Å². The van der Waals surface area contributed by atoms with Crippen LogP contribution in [-0.4, -0.2) is 69.6 Å². The van der Waals surface area contributed by atoms with Crippen molar-refractivity contribution in [3.63, 3.8) is 0 Å². The molecule has 8 heteroatoms. The number of rotatable bonds is 12. The molecule has 0 radical (unpaired) electrons. The Morgan fingerprint density at radius 3 is 2.36 bits per heavy atom. The lowest BCUT2D eigenvalue weighted by Crippen LogP contribution is -2.35. The molecule has 0 aromatic heterocycles. The summed E-state index contributed by atoms with van der Waals surface area (Å²) in [7, 11) is 5.37. The number of aliphatic hydroxyl groups is 1. The highest BCUT2D eigenvalue weighted by atomic mass is 16.5. The van der Waals surface area contributed by atoms with Gasteiger partial charge in [0, 0.05) is 54.6 Å². The number of nitrogens with zero attached hydrogens (tertiary/aromatic N) is 1. The number of methoxy groups -OCH3 is 2. The van der Waals surface area contributed by atoms with Crippen molar-refractivity contribution in [2.75, 3.05) is 52.9 Å². The molecule has 0 atom stereocenters. The third-order valence-electron chi connectivity index (χ3n) is 7.78. The van der Waals surface area contributed by atoms with Gasteiger partial charge in [-0.15, -0.1) is 0 Å². The SMILES string of the molecule is COc1cccc(-c2cc(C(=O)Nc3ccc(-c4ccc(OC5CCN(C)CC5)cc4OCCCO)cc3)ccc2OC)c1. The van der Waals surface area contributed by atoms with Crippen LogP contribution in [0.25, 0.3) is 22.3 Å². The molecule has 44 heavy (non-hydrogen) atoms. The van der Waals surface area contributed by atoms with E-state index in [0.29, 0.717) is 35.8 Å². The average molecular weight is 597 g/mol. The summed E-state index contributed by atoms with van der Waals surface area (Å²) in [4.78, 5) is 15.6. The van der Waals surface area contributed by atoms with Gasteiger partial charge in [0.2, 0.25) is 0 Å². The molecule has 1 fully saturated rings. The Kier molecular flexibility index (Phi) is 10.4. The second kappa shape index (κ2) is 14.8. The van der Waals surface area contributed by atoms with Gasteiger partial charge in [-0.2, -0.15) is 0 Å². The lowest BCUT2D eigenvalue weighted by molar-refractivity contribution is 0.102. The Labute approximate surface area is 259 Å². The fourth-order valence-corrected chi connectivity index (χ4v) is 5.28. The summed E-state index contributed by atoms with van der Waals surface area (Å²) in [6.45, 7) is 2.50. The van der Waals surface area contributed by atoms with Crippen LogP contribution in [0.2, 0.25) is 0 Å². The molecule has 1 aliphatic rings. The van der Waals surface area contributed by atoms with Gasteiger partial charge < -0.3 is 34.3 Å². The molecule has 1 aliphatic heterocycles. The molecule has 0 spiro atoms. The second-order valence-electron chi connectivity index (χ2n) is 10.9. The summed E-state index contributed by atoms with van der Waals surface area (Å²) in [6, 6.07) is 26.6. The molecular formula is C36H40N2O6. The third-order valence-corrected chi connectivity index (χ3v) is 7.78. The lowest BCUT2D eigenvalue weighted by atomic mass is 10.0. The third kappa shape index (κ3) is 7.70. The van der Waals surface area contributed by atoms with Crippen LogP contribution in [0.5, 0.6) is 23.0 Å². The number of piperidine rings is 1. The number of carbonyl (C=O) groups is 1. The van der Waals surface area contributed by atoms with E-state index in [2.05, 4.69) is 17.3 Å². The average Bonchev–Trinajstić information content (AvgIpc) is 3.06. The number of benzene rings is 4. The highest BCUT2D eigenvalue weighted by molar-refractivity contribution is 6.05. The number of amides is 1. The maximum absolute atomic E-state index is 13.3. The minimum Gasteiger partial charge on any atom is -0.497 e. The summed E-state index contributed by atoms with van der Waals surface area (Å²) in [6.07, 6.45) is 2.70. The summed E-state index contributed by atoms with van der Waals surface area (Å²) < 4.78 is 23.3. The molecule has 0 aliphatic carbocycles. The fraction of sp³-hybridized carbons (Fsp3) is 0.306. The number of hydrogen-bond donors (Lipinski definition) is 2. The first-order valence-corrected chi connectivity index (χ1v) is 14.9. The van der Waals surface area contributed by atoms with Crippen LogP contribution in [0.3, 0.4) is 0 Å². The van der Waals surface area contributed by atoms with Crippen LogP contribution in [0, 0.1) is 0 Å². The number of nitrogens with one attached hydrogen (secondary N) is 1. The van der Waals surface area contributed by atoms with Crippen molar-refractivity contribution in [2.45, 2.75) is 25.4 Å². The number of likely N-dealkylation sites (tertiary alicyclic amines) is 1. The molecule has 4 aromatic carbocycles. The Bertz CT molecular complexity index is 1550. The quantitative estimate of drug-likeness (QED) is 0.180. The molecule has 0 bridgehead atoms. The normalized spacial score (nSPS) is 13.7. The Morgan fingerprint density at radius 1 is 0.841 bits per heavy atom. The first-order valence-electron chi connectivity index (χ1n) is 14.9. The van der Waals surface area contributed by atoms with Crippen molar-refractivity contribution in [1.29, 1.82) is 0 Å². The van der Waals surface area contributed by atoms with Gasteiger partial charge in [0.1, 0.15) is 29.1 Å². The standard InChI is InChI=1S/C36H40N2O6/c1-38-18-16-29(17-19-38)44-31-13-14-32(35(24-31)43-21-5-20-39)25-8-11-28(12-9-25)37-36(40)27-10-15-34(42-3)33(23-27)26-6-4-7-30(22-26)41-2/h4,6-15,22-24,29,39H,5,16-21H2,1-3H3,(H,37,40). The summed E-state index contributed by atoms with van der Waals surface area (Å²) in [5.74, 6) is 2.63. The zero-order chi connectivity index (χ0) is 30.9. The van der Waals surface area contributed by atoms with E-state index in [9.17, 15) is 9.90 Å². The number of aliphatic hydroxyl groups excluding tert-OH is 1. The predicted molar refractivity (Wildman–Crippen MR) is 173 cm³/mol. The summed E-state index contributed by atoms with van der Waals surface area (Å²) in [5, 5.41) is 12.3. The topological polar surface area (TPSA) is 89.5 Å². The molecule has 1 saturated heterocycles. The largest absolute Gasteiger partial charge is 0.497 e. The van der Waals surface area contributed by atoms with Gasteiger partial charge in [-0.3, -0.25) is 4.79 Å². The van der Waals surface area contributed by atoms with Gasteiger partial charge in [0.15, 0.2) is 0 Å². The van der Waals surface area contributed by atoms with Gasteiger partial charge in [-0.25, -0.2) is 0 Å². The number of hydrogen-bond acceptors (Lipinski definition) is 7. The fourth-order valence-electron chi connectivity index (χ4n) is 5.28. The maximum atomic E-state index is 13.3. The molecule has 0 unspecified atom stereocenters. The smallest absolute Gasteiger partial charge is 0.255 e. The van der Waals surface area contributed by atoms with Crippen molar-refractivity contribution >= 4 is 11.6 Å². The van der Waals surface area contributed by atoms with Crippen molar-refractivity contribution in [2.24, 2.45) is 0 Å². The van der Waals surface area contributed by atoms with E-state index in [1.807, 2.05) is 72.8 Å². The van der Waals surface area contributed by atoms with Crippen molar-refractivity contribution in [3.05, 3.63) is 90.5 Å². The minimum absolute atomic E-state index is 0.0603. The first kappa shape index (κ1) is 30.9. The van der Waals surface area contributed by atoms with Crippen LogP contribution in [0.4, 0.5) is 5.69 Å². The minimum atomic E-state index is -0.229. The Balaban J connectivity index is 1.32. The number of anilines is 1. The van der Waals surface area contributed by atoms with Crippen molar-refractivity contribution in [3.8, 4) is 45.3 Å². The predicted octanol–water partition coefficient (Wildman–Crippen LogP) is 6.52. The van der Waals surface area contributed by atoms with E-state index in [0.717, 1.165) is 59.7 Å². The zero-order valence-corrected chi connectivity index (χ0v) is 25.5. The van der Waals surface area contributed by atoms with Gasteiger partial charge in [-0.1, -0.05) is 24.3 Å². The van der Waals surface area contributed by atoms with E-state index in [1.54, 1.807) is 26.4 Å². The van der Waals surface area contributed by atoms with Crippen molar-refractivity contribution in [1.82, 2.24) is 4.90 Å². The lowest BCUT2D eigenvalue weighted by Gasteiger charge is -2.29. The van der Waals surface area contributed by atoms with Gasteiger partial charge >= 0.3 is 0 Å². The summed E-state index contributed by atoms with van der Waals surface area (Å²) in [5.41, 5.74) is 4.72. The highest BCUT2D eigenvalue weighted by Gasteiger charge is 2.19. The van der Waals surface area contributed by atoms with Crippen molar-refractivity contribution < 1.29 is 28.8 Å². The molecule has 1 heterocycles. The van der Waals surface area contributed by atoms with Crippen LogP contribution in [0.1, 0.15) is 29.6 Å². The van der Waals surface area contributed by atoms with Crippen LogP contribution in [-0.2, 0) is 0 Å². The number of ether oxygens (including phenoxy) is 4. The monoisotopic (exact) mass is 596 g/mol. The first-order chi connectivity index (χ1) is 21.5. The van der Waals surface area contributed by atoms with E-state index in [4.69, 9.17) is 18.9 Å². The van der Waals surface area contributed by atoms with E-state index >= 15 is 0 Å². The Hall–Kier alpha value is -4.53. The highest BCUT2D eigenvalue weighted by Crippen LogP contribution is 2.36. The Morgan fingerprint density at radius 2 is 1.64 bits per heavy atom.